The van der Waals surface area contributed by atoms with Gasteiger partial charge in [-0.05, 0) is 18.6 Å². The van der Waals surface area contributed by atoms with E-state index in [-0.39, 0.29) is 21.5 Å². The molecule has 1 aromatic rings. The zero-order valence-corrected chi connectivity index (χ0v) is 14.3. The summed E-state index contributed by atoms with van der Waals surface area (Å²) < 4.78 is 27.2. The number of hydrogen-bond donors (Lipinski definition) is 1. The summed E-state index contributed by atoms with van der Waals surface area (Å²) in [6.07, 6.45) is 0.821. The summed E-state index contributed by atoms with van der Waals surface area (Å²) in [7, 11) is -3.69. The van der Waals surface area contributed by atoms with Crippen LogP contribution >= 0.6 is 11.6 Å². The lowest BCUT2D eigenvalue weighted by Crippen LogP contribution is -2.49. The van der Waals surface area contributed by atoms with Crippen LogP contribution in [-0.2, 0) is 10.0 Å². The van der Waals surface area contributed by atoms with Crippen molar-refractivity contribution in [3.8, 4) is 6.07 Å². The predicted molar refractivity (Wildman–Crippen MR) is 87.8 cm³/mol. The molecule has 2 aliphatic rings. The maximum absolute atomic E-state index is 12.9. The summed E-state index contributed by atoms with van der Waals surface area (Å²) >= 11 is 5.97. The molecule has 1 unspecified atom stereocenters. The van der Waals surface area contributed by atoms with Crippen molar-refractivity contribution >= 4 is 21.6 Å². The van der Waals surface area contributed by atoms with E-state index >= 15 is 0 Å². The van der Waals surface area contributed by atoms with Crippen molar-refractivity contribution in [3.63, 3.8) is 0 Å². The lowest BCUT2D eigenvalue weighted by Gasteiger charge is -2.32. The predicted octanol–water partition coefficient (Wildman–Crippen LogP) is 0.880. The number of nitrogens with zero attached hydrogens (tertiary/aromatic N) is 3. The minimum absolute atomic E-state index is 0.00783. The zero-order chi connectivity index (χ0) is 16.4. The molecule has 1 aromatic carbocycles. The van der Waals surface area contributed by atoms with Gasteiger partial charge in [-0.1, -0.05) is 17.7 Å². The average Bonchev–Trinajstić information content (AvgIpc) is 3.06. The van der Waals surface area contributed by atoms with Gasteiger partial charge in [0, 0.05) is 45.3 Å². The van der Waals surface area contributed by atoms with E-state index < -0.39 is 10.0 Å². The molecule has 23 heavy (non-hydrogen) atoms. The minimum atomic E-state index is -3.69. The van der Waals surface area contributed by atoms with Gasteiger partial charge < -0.3 is 5.32 Å². The quantitative estimate of drug-likeness (QED) is 0.872. The van der Waals surface area contributed by atoms with Crippen molar-refractivity contribution in [1.29, 1.82) is 5.26 Å². The number of nitrogens with one attached hydrogen (secondary N) is 1. The molecular formula is C15H19ClN4O2S. The monoisotopic (exact) mass is 354 g/mol. The third-order valence-electron chi connectivity index (χ3n) is 4.50. The van der Waals surface area contributed by atoms with Crippen LogP contribution < -0.4 is 5.32 Å². The zero-order valence-electron chi connectivity index (χ0n) is 12.7. The van der Waals surface area contributed by atoms with Gasteiger partial charge in [-0.2, -0.15) is 9.57 Å². The Morgan fingerprint density at radius 2 is 2.00 bits per heavy atom. The molecule has 0 aliphatic carbocycles. The molecule has 8 heteroatoms. The number of nitriles is 1. The first kappa shape index (κ1) is 16.7. The van der Waals surface area contributed by atoms with Crippen LogP contribution in [0.1, 0.15) is 12.0 Å². The number of benzene rings is 1. The summed E-state index contributed by atoms with van der Waals surface area (Å²) in [5, 5.41) is 12.7. The molecule has 2 heterocycles. The number of halogens is 1. The highest BCUT2D eigenvalue weighted by Gasteiger charge is 2.36. The summed E-state index contributed by atoms with van der Waals surface area (Å²) in [5.41, 5.74) is 0.0276. The van der Waals surface area contributed by atoms with Crippen molar-refractivity contribution in [2.24, 2.45) is 0 Å². The van der Waals surface area contributed by atoms with Crippen molar-refractivity contribution in [2.75, 3.05) is 39.3 Å². The summed E-state index contributed by atoms with van der Waals surface area (Å²) in [6.45, 7) is 4.72. The first-order valence-electron chi connectivity index (χ1n) is 7.67. The molecule has 1 N–H and O–H groups in total. The first-order chi connectivity index (χ1) is 11.0. The molecule has 3 rings (SSSR count). The van der Waals surface area contributed by atoms with Crippen molar-refractivity contribution in [3.05, 3.63) is 28.8 Å². The molecule has 124 valence electrons. The summed E-state index contributed by atoms with van der Waals surface area (Å²) in [6, 6.07) is 6.72. The number of hydrogen-bond acceptors (Lipinski definition) is 5. The fourth-order valence-corrected chi connectivity index (χ4v) is 5.17. The molecule has 0 radical (unpaired) electrons. The fraction of sp³-hybridized carbons (Fsp3) is 0.533. The Kier molecular flexibility index (Phi) is 4.90. The third kappa shape index (κ3) is 3.23. The molecule has 2 aliphatic heterocycles. The number of piperazine rings is 1. The van der Waals surface area contributed by atoms with Gasteiger partial charge in [0.2, 0.25) is 10.0 Å². The number of sulfonamides is 1. The third-order valence-corrected chi connectivity index (χ3v) is 6.72. The van der Waals surface area contributed by atoms with E-state index in [2.05, 4.69) is 10.2 Å². The van der Waals surface area contributed by atoms with Gasteiger partial charge in [0.1, 0.15) is 11.0 Å². The lowest BCUT2D eigenvalue weighted by molar-refractivity contribution is 0.179. The largest absolute Gasteiger partial charge is 0.314 e. The highest BCUT2D eigenvalue weighted by molar-refractivity contribution is 7.89. The van der Waals surface area contributed by atoms with Crippen LogP contribution in [0.3, 0.4) is 0 Å². The summed E-state index contributed by atoms with van der Waals surface area (Å²) in [5.74, 6) is 0. The van der Waals surface area contributed by atoms with E-state index in [0.29, 0.717) is 13.1 Å². The van der Waals surface area contributed by atoms with Gasteiger partial charge in [-0.15, -0.1) is 0 Å². The molecule has 0 saturated carbocycles. The minimum Gasteiger partial charge on any atom is -0.314 e. The Labute approximate surface area is 141 Å². The highest BCUT2D eigenvalue weighted by Crippen LogP contribution is 2.29. The Balaban J connectivity index is 1.82. The van der Waals surface area contributed by atoms with Crippen LogP contribution in [0.5, 0.6) is 0 Å². The summed E-state index contributed by atoms with van der Waals surface area (Å²) in [4.78, 5) is 2.35. The van der Waals surface area contributed by atoms with Crippen LogP contribution in [0.4, 0.5) is 0 Å². The van der Waals surface area contributed by atoms with Gasteiger partial charge in [-0.25, -0.2) is 8.42 Å². The van der Waals surface area contributed by atoms with Gasteiger partial charge in [0.05, 0.1) is 10.6 Å². The molecule has 2 saturated heterocycles. The Bertz CT molecular complexity index is 725. The van der Waals surface area contributed by atoms with E-state index in [1.54, 1.807) is 6.07 Å². The van der Waals surface area contributed by atoms with Crippen molar-refractivity contribution in [2.45, 2.75) is 17.4 Å². The van der Waals surface area contributed by atoms with E-state index in [9.17, 15) is 13.7 Å². The molecule has 0 amide bonds. The van der Waals surface area contributed by atoms with Crippen LogP contribution in [0.15, 0.2) is 23.1 Å². The fourth-order valence-electron chi connectivity index (χ4n) is 3.24. The van der Waals surface area contributed by atoms with E-state index in [0.717, 1.165) is 32.6 Å². The maximum atomic E-state index is 12.9. The van der Waals surface area contributed by atoms with Crippen LogP contribution in [-0.4, -0.2) is 62.9 Å². The Hall–Kier alpha value is -1.17. The van der Waals surface area contributed by atoms with Gasteiger partial charge in [0.15, 0.2) is 0 Å². The second-order valence-electron chi connectivity index (χ2n) is 5.82. The molecule has 0 aromatic heterocycles. The normalized spacial score (nSPS) is 23.7. The SMILES string of the molecule is N#Cc1c(Cl)cccc1S(=O)(=O)N1CCC(N2CCNCC2)C1. The molecule has 0 bridgehead atoms. The molecule has 0 spiro atoms. The lowest BCUT2D eigenvalue weighted by atomic mass is 10.2. The van der Waals surface area contributed by atoms with E-state index in [1.165, 1.54) is 16.4 Å². The Morgan fingerprint density at radius 1 is 1.26 bits per heavy atom. The van der Waals surface area contributed by atoms with E-state index in [1.807, 2.05) is 6.07 Å². The van der Waals surface area contributed by atoms with Crippen LogP contribution in [0.25, 0.3) is 0 Å². The van der Waals surface area contributed by atoms with Gasteiger partial charge in [0.25, 0.3) is 0 Å². The molecule has 6 nitrogen and oxygen atoms in total. The van der Waals surface area contributed by atoms with Gasteiger partial charge >= 0.3 is 0 Å². The second kappa shape index (κ2) is 6.75. The molecular weight excluding hydrogens is 336 g/mol. The standard InChI is InChI=1S/C15H19ClN4O2S/c16-14-2-1-3-15(13(14)10-17)23(21,22)20-7-4-12(11-20)19-8-5-18-6-9-19/h1-3,12,18H,4-9,11H2. The van der Waals surface area contributed by atoms with Crippen LogP contribution in [0, 0.1) is 11.3 Å². The molecule has 2 fully saturated rings. The smallest absolute Gasteiger partial charge is 0.244 e. The second-order valence-corrected chi connectivity index (χ2v) is 8.13. The Morgan fingerprint density at radius 3 is 2.70 bits per heavy atom. The van der Waals surface area contributed by atoms with Crippen molar-refractivity contribution in [1.82, 2.24) is 14.5 Å². The highest BCUT2D eigenvalue weighted by atomic mass is 35.5. The van der Waals surface area contributed by atoms with Crippen LogP contribution in [0.2, 0.25) is 5.02 Å². The van der Waals surface area contributed by atoms with Gasteiger partial charge in [-0.3, -0.25) is 4.90 Å². The average molecular weight is 355 g/mol. The first-order valence-corrected chi connectivity index (χ1v) is 9.49. The van der Waals surface area contributed by atoms with Crippen molar-refractivity contribution < 1.29 is 8.42 Å². The topological polar surface area (TPSA) is 76.4 Å². The van der Waals surface area contributed by atoms with E-state index in [4.69, 9.17) is 11.6 Å². The maximum Gasteiger partial charge on any atom is 0.244 e. The molecule has 1 atom stereocenters. The number of rotatable bonds is 3.